The monoisotopic (exact) mass is 1030 g/mol. The Hall–Kier alpha value is -2.55. The molecule has 4 aromatic carbocycles. The van der Waals surface area contributed by atoms with E-state index in [1.165, 1.54) is 0 Å². The van der Waals surface area contributed by atoms with Crippen LogP contribution in [0.4, 0.5) is 0 Å². The molecular weight excluding hydrogens is 982 g/mol. The van der Waals surface area contributed by atoms with Crippen LogP contribution in [0.1, 0.15) is 54.2 Å². The molecule has 0 bridgehead atoms. The van der Waals surface area contributed by atoms with Gasteiger partial charge in [-0.2, -0.15) is 0 Å². The number of carbonyl (C=O) groups is 1. The molecule has 0 spiro atoms. The van der Waals surface area contributed by atoms with Crippen molar-refractivity contribution in [2.24, 2.45) is 0 Å². The average molecular weight is 1030 g/mol. The quantitative estimate of drug-likeness (QED) is 0.0710. The van der Waals surface area contributed by atoms with Crippen LogP contribution in [0.3, 0.4) is 0 Å². The van der Waals surface area contributed by atoms with Crippen LogP contribution >= 0.6 is 45.2 Å². The fourth-order valence-corrected chi connectivity index (χ4v) is 9.54. The van der Waals surface area contributed by atoms with Crippen molar-refractivity contribution in [1.82, 2.24) is 0 Å². The molecule has 7 rings (SSSR count). The molecule has 316 valence electrons. The Labute approximate surface area is 373 Å². The normalized spacial score (nSPS) is 33.6. The lowest BCUT2D eigenvalue weighted by molar-refractivity contribution is -0.323. The van der Waals surface area contributed by atoms with Gasteiger partial charge in [0.15, 0.2) is 25.0 Å². The number of hydrogen-bond acceptors (Lipinski definition) is 11. The molecule has 0 saturated carbocycles. The van der Waals surface area contributed by atoms with Gasteiger partial charge in [-0.3, -0.25) is 0 Å². The number of hydrogen-bond donors (Lipinski definition) is 1. The first-order valence-electron chi connectivity index (χ1n) is 20.1. The van der Waals surface area contributed by atoms with Crippen molar-refractivity contribution in [2.75, 3.05) is 0 Å². The zero-order valence-corrected chi connectivity index (χ0v) is 37.6. The van der Waals surface area contributed by atoms with Crippen LogP contribution in [0.25, 0.3) is 0 Å². The molecule has 14 atom stereocenters. The number of alkyl halides is 2. The molecule has 0 unspecified atom stereocenters. The number of esters is 1. The van der Waals surface area contributed by atoms with Crippen molar-refractivity contribution in [3.05, 3.63) is 144 Å². The molecule has 0 amide bonds. The molecule has 11 nitrogen and oxygen atoms in total. The third kappa shape index (κ3) is 11.7. The standard InChI is InChI=1S/C46H52I2O11/c1-28-39(51-25-31-16-8-4-9-17-31)35(24-36(49)54-28)57-45-38(48)43(41(30(3)56-45)58-44(50)34-22-14-7-15-23-34)59-46-37(47)42(53-27-33-20-12-6-13-21-33)40(29(2)55-46)52-26-32-18-10-5-11-19-32/h4-23,28-30,35-43,45-46,49H,24-27H2,1-3H3/t28-,29-,30-,35+,36+,37+,38+,39-,40-,41-,42+,43+,45-,46-/m0/s1. The van der Waals surface area contributed by atoms with E-state index < -0.39 is 83.7 Å². The van der Waals surface area contributed by atoms with Gasteiger partial charge in [0.05, 0.1) is 57.6 Å². The molecule has 3 heterocycles. The second-order valence-corrected chi connectivity index (χ2v) is 18.0. The van der Waals surface area contributed by atoms with Crippen LogP contribution in [0, 0.1) is 0 Å². The highest BCUT2D eigenvalue weighted by Crippen LogP contribution is 2.39. The first-order valence-corrected chi connectivity index (χ1v) is 22.6. The Balaban J connectivity index is 1.13. The molecule has 0 aromatic heterocycles. The predicted octanol–water partition coefficient (Wildman–Crippen LogP) is 7.96. The van der Waals surface area contributed by atoms with Crippen LogP contribution in [-0.2, 0) is 62.5 Å². The first-order chi connectivity index (χ1) is 28.6. The molecular formula is C46H52I2O11. The van der Waals surface area contributed by atoms with E-state index >= 15 is 0 Å². The predicted molar refractivity (Wildman–Crippen MR) is 236 cm³/mol. The maximum absolute atomic E-state index is 13.6. The van der Waals surface area contributed by atoms with Crippen molar-refractivity contribution < 1.29 is 52.5 Å². The number of halogens is 2. The minimum atomic E-state index is -1.05. The molecule has 0 radical (unpaired) electrons. The maximum Gasteiger partial charge on any atom is 0.338 e. The highest BCUT2D eigenvalue weighted by atomic mass is 127. The summed E-state index contributed by atoms with van der Waals surface area (Å²) >= 11 is 4.60. The summed E-state index contributed by atoms with van der Waals surface area (Å²) in [6.07, 6.45) is -7.59. The Morgan fingerprint density at radius 2 is 0.983 bits per heavy atom. The fourth-order valence-electron chi connectivity index (χ4n) is 7.67. The summed E-state index contributed by atoms with van der Waals surface area (Å²) in [6.45, 7) is 6.77. The van der Waals surface area contributed by atoms with E-state index in [0.29, 0.717) is 25.4 Å². The molecule has 0 aliphatic carbocycles. The Bertz CT molecular complexity index is 1860. The molecule has 3 saturated heterocycles. The van der Waals surface area contributed by atoms with Crippen molar-refractivity contribution in [2.45, 2.75) is 129 Å². The van der Waals surface area contributed by atoms with Gasteiger partial charge in [0, 0.05) is 6.42 Å². The third-order valence-electron chi connectivity index (χ3n) is 10.8. The van der Waals surface area contributed by atoms with Gasteiger partial charge in [-0.25, -0.2) is 4.79 Å². The van der Waals surface area contributed by atoms with Crippen molar-refractivity contribution in [3.63, 3.8) is 0 Å². The minimum Gasteiger partial charge on any atom is -0.453 e. The topological polar surface area (TPSA) is 120 Å². The number of carbonyl (C=O) groups excluding carboxylic acids is 1. The molecule has 4 aromatic rings. The minimum absolute atomic E-state index is 0.170. The summed E-state index contributed by atoms with van der Waals surface area (Å²) in [4.78, 5) is 13.6. The largest absolute Gasteiger partial charge is 0.453 e. The van der Waals surface area contributed by atoms with Gasteiger partial charge in [0.2, 0.25) is 0 Å². The maximum atomic E-state index is 13.6. The van der Waals surface area contributed by atoms with Crippen LogP contribution in [0.5, 0.6) is 0 Å². The van der Waals surface area contributed by atoms with E-state index in [4.69, 9.17) is 42.6 Å². The second-order valence-electron chi connectivity index (χ2n) is 15.1. The summed E-state index contributed by atoms with van der Waals surface area (Å²) in [5.41, 5.74) is 3.49. The van der Waals surface area contributed by atoms with Gasteiger partial charge in [-0.15, -0.1) is 0 Å². The summed E-state index contributed by atoms with van der Waals surface area (Å²) in [7, 11) is 0. The van der Waals surface area contributed by atoms with E-state index in [0.717, 1.165) is 16.7 Å². The Morgan fingerprint density at radius 1 is 0.559 bits per heavy atom. The van der Waals surface area contributed by atoms with Crippen LogP contribution in [-0.4, -0.2) is 92.7 Å². The van der Waals surface area contributed by atoms with Gasteiger partial charge < -0.3 is 47.7 Å². The molecule has 3 aliphatic rings. The molecule has 1 N–H and O–H groups in total. The highest BCUT2D eigenvalue weighted by Gasteiger charge is 2.53. The van der Waals surface area contributed by atoms with Gasteiger partial charge in [-0.05, 0) is 49.6 Å². The van der Waals surface area contributed by atoms with Gasteiger partial charge in [-0.1, -0.05) is 154 Å². The lowest BCUT2D eigenvalue weighted by Gasteiger charge is -2.49. The van der Waals surface area contributed by atoms with Crippen LogP contribution < -0.4 is 0 Å². The van der Waals surface area contributed by atoms with E-state index in [1.807, 2.05) is 118 Å². The van der Waals surface area contributed by atoms with Gasteiger partial charge in [0.25, 0.3) is 0 Å². The lowest BCUT2D eigenvalue weighted by Crippen LogP contribution is -2.63. The summed E-state index contributed by atoms with van der Waals surface area (Å²) in [6, 6.07) is 38.8. The third-order valence-corrected chi connectivity index (χ3v) is 13.4. The van der Waals surface area contributed by atoms with Crippen LogP contribution in [0.15, 0.2) is 121 Å². The first kappa shape index (κ1) is 44.5. The Kier molecular flexibility index (Phi) is 16.2. The number of ether oxygens (including phenoxy) is 9. The SMILES string of the molecule is C[C@@H]1O[C@@H](O[C@@H]2[C@@H](I)[C@H](O[C@@H]3C[C@H](O)O[C@@H](C)[C@@H]3OCc3ccccc3)O[C@@H](C)[C@@H]2OC(=O)c2ccccc2)[C@H](I)[C@@H](OCc2ccccc2)[C@H]1OCc1ccccc1. The number of rotatable bonds is 15. The zero-order chi connectivity index (χ0) is 41.3. The number of aliphatic hydroxyl groups excluding tert-OH is 1. The van der Waals surface area contributed by atoms with Crippen LogP contribution in [0.2, 0.25) is 0 Å². The molecule has 13 heteroatoms. The summed E-state index contributed by atoms with van der Waals surface area (Å²) < 4.78 is 57.9. The summed E-state index contributed by atoms with van der Waals surface area (Å²) in [5.74, 6) is -0.499. The van der Waals surface area contributed by atoms with E-state index in [1.54, 1.807) is 24.3 Å². The molecule has 3 fully saturated rings. The second kappa shape index (κ2) is 21.5. The zero-order valence-electron chi connectivity index (χ0n) is 33.2. The fraction of sp³-hybridized carbons (Fsp3) is 0.457. The van der Waals surface area contributed by atoms with Crippen molar-refractivity contribution >= 4 is 51.2 Å². The van der Waals surface area contributed by atoms with Gasteiger partial charge in [0.1, 0.15) is 24.4 Å². The van der Waals surface area contributed by atoms with E-state index in [2.05, 4.69) is 45.2 Å². The average Bonchev–Trinajstić information content (AvgIpc) is 3.25. The Morgan fingerprint density at radius 3 is 1.53 bits per heavy atom. The number of aliphatic hydroxyl groups is 1. The van der Waals surface area contributed by atoms with Crippen molar-refractivity contribution in [3.8, 4) is 0 Å². The van der Waals surface area contributed by atoms with Gasteiger partial charge >= 0.3 is 5.97 Å². The smallest absolute Gasteiger partial charge is 0.338 e. The highest BCUT2D eigenvalue weighted by molar-refractivity contribution is 14.1. The lowest BCUT2D eigenvalue weighted by atomic mass is 9.98. The summed E-state index contributed by atoms with van der Waals surface area (Å²) in [5, 5.41) is 10.7. The molecule has 3 aliphatic heterocycles. The van der Waals surface area contributed by atoms with Crippen molar-refractivity contribution in [1.29, 1.82) is 0 Å². The number of benzene rings is 4. The molecule has 59 heavy (non-hydrogen) atoms. The van der Waals surface area contributed by atoms with E-state index in [9.17, 15) is 9.90 Å². The van der Waals surface area contributed by atoms with E-state index in [-0.39, 0.29) is 10.3 Å².